The Labute approximate surface area is 183 Å². The maximum Gasteiger partial charge on any atom is 0.227 e. The highest BCUT2D eigenvalue weighted by Crippen LogP contribution is 2.20. The van der Waals surface area contributed by atoms with E-state index < -0.39 is 0 Å². The zero-order valence-electron chi connectivity index (χ0n) is 18.4. The molecule has 8 nitrogen and oxygen atoms in total. The topological polar surface area (TPSA) is 97.6 Å². The molecule has 2 amide bonds. The lowest BCUT2D eigenvalue weighted by atomic mass is 10.0. The minimum Gasteiger partial charge on any atom is -0.496 e. The third-order valence-electron chi connectivity index (χ3n) is 5.53. The third-order valence-corrected chi connectivity index (χ3v) is 5.53. The number of ether oxygens (including phenoxy) is 1. The van der Waals surface area contributed by atoms with Gasteiger partial charge in [0, 0.05) is 44.0 Å². The number of likely N-dealkylation sites (tertiary alicyclic amines) is 1. The normalized spacial score (nSPS) is 14.5. The van der Waals surface area contributed by atoms with E-state index in [0.717, 1.165) is 42.8 Å². The summed E-state index contributed by atoms with van der Waals surface area (Å²) in [6.45, 7) is 3.38. The van der Waals surface area contributed by atoms with E-state index in [0.29, 0.717) is 44.7 Å². The number of para-hydroxylation sites is 1. The van der Waals surface area contributed by atoms with E-state index in [4.69, 9.17) is 9.26 Å². The number of carbonyl (C=O) groups is 2. The summed E-state index contributed by atoms with van der Waals surface area (Å²) in [7, 11) is 1.61. The molecule has 1 aromatic heterocycles. The molecule has 1 saturated heterocycles. The molecule has 3 rings (SSSR count). The van der Waals surface area contributed by atoms with E-state index in [2.05, 4.69) is 22.4 Å². The van der Waals surface area contributed by atoms with Crippen LogP contribution in [0.3, 0.4) is 0 Å². The highest BCUT2D eigenvalue weighted by atomic mass is 16.5. The van der Waals surface area contributed by atoms with Crippen LogP contribution < -0.4 is 10.1 Å². The molecule has 0 atom stereocenters. The molecule has 1 N–H and O–H groups in total. The number of hydrogen-bond donors (Lipinski definition) is 1. The Morgan fingerprint density at radius 3 is 2.74 bits per heavy atom. The fourth-order valence-electron chi connectivity index (χ4n) is 3.81. The Kier molecular flexibility index (Phi) is 8.44. The average Bonchev–Trinajstić information content (AvgIpc) is 3.22. The van der Waals surface area contributed by atoms with Crippen molar-refractivity contribution in [2.75, 3.05) is 20.2 Å². The molecule has 1 aliphatic rings. The molecule has 2 heterocycles. The van der Waals surface area contributed by atoms with Crippen LogP contribution in [0.25, 0.3) is 0 Å². The van der Waals surface area contributed by atoms with Crippen LogP contribution in [0.5, 0.6) is 5.75 Å². The Hall–Kier alpha value is -2.90. The van der Waals surface area contributed by atoms with Crippen LogP contribution in [-0.2, 0) is 28.9 Å². The van der Waals surface area contributed by atoms with Gasteiger partial charge >= 0.3 is 0 Å². The highest BCUT2D eigenvalue weighted by Gasteiger charge is 2.24. The van der Waals surface area contributed by atoms with Crippen molar-refractivity contribution in [2.24, 2.45) is 0 Å². The van der Waals surface area contributed by atoms with Gasteiger partial charge in [0.25, 0.3) is 0 Å². The summed E-state index contributed by atoms with van der Waals surface area (Å²) in [6.07, 6.45) is 5.38. The van der Waals surface area contributed by atoms with E-state index in [9.17, 15) is 9.59 Å². The fourth-order valence-corrected chi connectivity index (χ4v) is 3.81. The average molecular weight is 429 g/mol. The van der Waals surface area contributed by atoms with Crippen molar-refractivity contribution in [3.8, 4) is 5.75 Å². The number of amides is 2. The minimum absolute atomic E-state index is 0.0343. The number of aryl methyl sites for hydroxylation is 2. The second-order valence-electron chi connectivity index (χ2n) is 7.92. The van der Waals surface area contributed by atoms with Gasteiger partial charge in [0.15, 0.2) is 5.82 Å². The molecule has 1 aromatic carbocycles. The number of methoxy groups -OCH3 is 1. The highest BCUT2D eigenvalue weighted by molar-refractivity contribution is 5.80. The maximum absolute atomic E-state index is 12.6. The lowest BCUT2D eigenvalue weighted by molar-refractivity contribution is -0.131. The number of nitrogens with zero attached hydrogens (tertiary/aromatic N) is 3. The molecule has 0 radical (unpaired) electrons. The molecule has 0 aliphatic carbocycles. The van der Waals surface area contributed by atoms with Crippen molar-refractivity contribution >= 4 is 11.8 Å². The van der Waals surface area contributed by atoms with Crippen molar-refractivity contribution in [1.29, 1.82) is 0 Å². The zero-order valence-corrected chi connectivity index (χ0v) is 18.4. The zero-order chi connectivity index (χ0) is 22.1. The van der Waals surface area contributed by atoms with Crippen molar-refractivity contribution in [3.05, 3.63) is 41.5 Å². The minimum atomic E-state index is 0.0343. The van der Waals surface area contributed by atoms with Gasteiger partial charge in [-0.15, -0.1) is 0 Å². The summed E-state index contributed by atoms with van der Waals surface area (Å²) in [4.78, 5) is 31.1. The van der Waals surface area contributed by atoms with Gasteiger partial charge in [-0.05, 0) is 31.7 Å². The van der Waals surface area contributed by atoms with Gasteiger partial charge in [-0.1, -0.05) is 30.3 Å². The van der Waals surface area contributed by atoms with Crippen LogP contribution in [0.1, 0.15) is 56.3 Å². The first-order valence-electron chi connectivity index (χ1n) is 11.1. The SMILES string of the molecule is CCCc1noc(CCCC(=O)NC2CCN(C(=O)Cc3ccccc3OC)CC2)n1. The van der Waals surface area contributed by atoms with Crippen LogP contribution in [0.15, 0.2) is 28.8 Å². The van der Waals surface area contributed by atoms with Gasteiger partial charge in [-0.25, -0.2) is 0 Å². The number of piperidine rings is 1. The number of nitrogens with one attached hydrogen (secondary N) is 1. The predicted octanol–water partition coefficient (Wildman–Crippen LogP) is 2.70. The van der Waals surface area contributed by atoms with Gasteiger partial charge < -0.3 is 19.5 Å². The molecule has 2 aromatic rings. The molecule has 1 aliphatic heterocycles. The molecule has 1 fully saturated rings. The molecule has 0 saturated carbocycles. The number of aromatic nitrogens is 2. The van der Waals surface area contributed by atoms with E-state index in [1.165, 1.54) is 0 Å². The van der Waals surface area contributed by atoms with Crippen molar-refractivity contribution < 1.29 is 18.8 Å². The summed E-state index contributed by atoms with van der Waals surface area (Å²) in [5.41, 5.74) is 0.897. The van der Waals surface area contributed by atoms with Crippen LogP contribution in [0, 0.1) is 0 Å². The Morgan fingerprint density at radius 2 is 2.00 bits per heavy atom. The van der Waals surface area contributed by atoms with E-state index in [1.54, 1.807) is 7.11 Å². The van der Waals surface area contributed by atoms with Crippen molar-refractivity contribution in [1.82, 2.24) is 20.4 Å². The van der Waals surface area contributed by atoms with Gasteiger partial charge in [-0.3, -0.25) is 9.59 Å². The summed E-state index contributed by atoms with van der Waals surface area (Å²) in [6, 6.07) is 7.71. The van der Waals surface area contributed by atoms with Gasteiger partial charge in [0.05, 0.1) is 13.5 Å². The second kappa shape index (κ2) is 11.5. The van der Waals surface area contributed by atoms with Crippen LogP contribution in [0.2, 0.25) is 0 Å². The fraction of sp³-hybridized carbons (Fsp3) is 0.565. The predicted molar refractivity (Wildman–Crippen MR) is 116 cm³/mol. The molecule has 0 bridgehead atoms. The summed E-state index contributed by atoms with van der Waals surface area (Å²) < 4.78 is 10.5. The first-order chi connectivity index (χ1) is 15.1. The third kappa shape index (κ3) is 6.80. The monoisotopic (exact) mass is 428 g/mol. The van der Waals surface area contributed by atoms with Crippen LogP contribution in [-0.4, -0.2) is 53.1 Å². The van der Waals surface area contributed by atoms with E-state index in [1.807, 2.05) is 29.2 Å². The Balaban J connectivity index is 1.35. The standard InChI is InChI=1S/C23H32N4O4/c1-3-7-20-25-22(31-26-20)11-6-10-21(28)24-18-12-14-27(15-13-18)23(29)16-17-8-4-5-9-19(17)30-2/h4-5,8-9,18H,3,6-7,10-16H2,1-2H3,(H,24,28). The Morgan fingerprint density at radius 1 is 1.23 bits per heavy atom. The summed E-state index contributed by atoms with van der Waals surface area (Å²) in [5.74, 6) is 2.19. The lowest BCUT2D eigenvalue weighted by Crippen LogP contribution is -2.46. The molecule has 0 unspecified atom stereocenters. The molecular formula is C23H32N4O4. The van der Waals surface area contributed by atoms with Crippen molar-refractivity contribution in [3.63, 3.8) is 0 Å². The molecule has 31 heavy (non-hydrogen) atoms. The number of rotatable bonds is 10. The first kappa shape index (κ1) is 22.8. The summed E-state index contributed by atoms with van der Waals surface area (Å²) in [5, 5.41) is 7.02. The molecule has 0 spiro atoms. The van der Waals surface area contributed by atoms with Gasteiger partial charge in [0.2, 0.25) is 17.7 Å². The molecule has 168 valence electrons. The molecule has 8 heteroatoms. The quantitative estimate of drug-likeness (QED) is 0.625. The maximum atomic E-state index is 12.6. The van der Waals surface area contributed by atoms with Crippen molar-refractivity contribution in [2.45, 2.75) is 64.3 Å². The number of benzene rings is 1. The van der Waals surface area contributed by atoms with E-state index >= 15 is 0 Å². The van der Waals surface area contributed by atoms with Gasteiger partial charge in [0.1, 0.15) is 5.75 Å². The second-order valence-corrected chi connectivity index (χ2v) is 7.92. The van der Waals surface area contributed by atoms with Crippen LogP contribution >= 0.6 is 0 Å². The molecular weight excluding hydrogens is 396 g/mol. The number of hydrogen-bond acceptors (Lipinski definition) is 6. The Bertz CT molecular complexity index is 859. The summed E-state index contributed by atoms with van der Waals surface area (Å²) >= 11 is 0. The number of carbonyl (C=O) groups excluding carboxylic acids is 2. The lowest BCUT2D eigenvalue weighted by Gasteiger charge is -2.32. The first-order valence-corrected chi connectivity index (χ1v) is 11.1. The largest absolute Gasteiger partial charge is 0.496 e. The van der Waals surface area contributed by atoms with Gasteiger partial charge in [-0.2, -0.15) is 4.98 Å². The van der Waals surface area contributed by atoms with E-state index in [-0.39, 0.29) is 17.9 Å². The van der Waals surface area contributed by atoms with Crippen LogP contribution in [0.4, 0.5) is 0 Å². The smallest absolute Gasteiger partial charge is 0.227 e.